The highest BCUT2D eigenvalue weighted by Crippen LogP contribution is 2.12. The van der Waals surface area contributed by atoms with Gasteiger partial charge >= 0.3 is 0 Å². The minimum atomic E-state index is 0.573. The normalized spacial score (nSPS) is 21.8. The fourth-order valence-electron chi connectivity index (χ4n) is 2.22. The summed E-state index contributed by atoms with van der Waals surface area (Å²) in [4.78, 5) is 10.6. The molecule has 1 saturated heterocycles. The standard InChI is InChI=1S/C12H20N4/c1-10(2)15-12-4-6-16(8-12)7-11-3-5-13-9-14-11/h3,5,9-10,12,15H,4,6-8H2,1-2H3. The molecule has 1 aromatic heterocycles. The molecule has 0 amide bonds. The molecule has 0 bridgehead atoms. The lowest BCUT2D eigenvalue weighted by Crippen LogP contribution is -2.36. The van der Waals surface area contributed by atoms with E-state index in [1.807, 2.05) is 12.3 Å². The van der Waals surface area contributed by atoms with Crippen molar-refractivity contribution in [2.45, 2.75) is 38.9 Å². The number of nitrogens with one attached hydrogen (secondary N) is 1. The second kappa shape index (κ2) is 5.37. The van der Waals surface area contributed by atoms with Crippen molar-refractivity contribution in [2.75, 3.05) is 13.1 Å². The zero-order valence-electron chi connectivity index (χ0n) is 10.1. The summed E-state index contributed by atoms with van der Waals surface area (Å²) in [6.07, 6.45) is 4.67. The first-order valence-electron chi connectivity index (χ1n) is 5.97. The summed E-state index contributed by atoms with van der Waals surface area (Å²) in [7, 11) is 0. The summed E-state index contributed by atoms with van der Waals surface area (Å²) in [6.45, 7) is 7.63. The van der Waals surface area contributed by atoms with Crippen LogP contribution in [0.15, 0.2) is 18.6 Å². The molecular weight excluding hydrogens is 200 g/mol. The van der Waals surface area contributed by atoms with Gasteiger partial charge in [-0.3, -0.25) is 4.90 Å². The van der Waals surface area contributed by atoms with Crippen LogP contribution >= 0.6 is 0 Å². The molecule has 0 radical (unpaired) electrons. The Kier molecular flexibility index (Phi) is 3.85. The van der Waals surface area contributed by atoms with Crippen molar-refractivity contribution in [3.8, 4) is 0 Å². The molecule has 1 aromatic rings. The van der Waals surface area contributed by atoms with Crippen molar-refractivity contribution in [2.24, 2.45) is 0 Å². The molecule has 4 nitrogen and oxygen atoms in total. The van der Waals surface area contributed by atoms with E-state index in [9.17, 15) is 0 Å². The van der Waals surface area contributed by atoms with Crippen LogP contribution in [0.5, 0.6) is 0 Å². The molecule has 1 N–H and O–H groups in total. The lowest BCUT2D eigenvalue weighted by molar-refractivity contribution is 0.313. The third-order valence-corrected chi connectivity index (χ3v) is 2.87. The number of nitrogens with zero attached hydrogens (tertiary/aromatic N) is 3. The van der Waals surface area contributed by atoms with E-state index in [1.165, 1.54) is 6.42 Å². The molecule has 4 heteroatoms. The fourth-order valence-corrected chi connectivity index (χ4v) is 2.22. The molecule has 0 spiro atoms. The third-order valence-electron chi connectivity index (χ3n) is 2.87. The van der Waals surface area contributed by atoms with E-state index >= 15 is 0 Å². The predicted octanol–water partition coefficient (Wildman–Crippen LogP) is 1.05. The van der Waals surface area contributed by atoms with Gasteiger partial charge in [-0.05, 0) is 12.5 Å². The molecule has 1 unspecified atom stereocenters. The van der Waals surface area contributed by atoms with Gasteiger partial charge in [-0.15, -0.1) is 0 Å². The van der Waals surface area contributed by atoms with Crippen LogP contribution < -0.4 is 5.32 Å². The summed E-state index contributed by atoms with van der Waals surface area (Å²) in [6, 6.07) is 3.20. The fraction of sp³-hybridized carbons (Fsp3) is 0.667. The van der Waals surface area contributed by atoms with Crippen molar-refractivity contribution < 1.29 is 0 Å². The first-order chi connectivity index (χ1) is 7.74. The van der Waals surface area contributed by atoms with Crippen molar-refractivity contribution in [1.82, 2.24) is 20.2 Å². The molecule has 1 aliphatic rings. The van der Waals surface area contributed by atoms with Crippen LogP contribution in [0, 0.1) is 0 Å². The smallest absolute Gasteiger partial charge is 0.115 e. The predicted molar refractivity (Wildman–Crippen MR) is 64.0 cm³/mol. The van der Waals surface area contributed by atoms with Crippen LogP contribution in [0.25, 0.3) is 0 Å². The van der Waals surface area contributed by atoms with Gasteiger partial charge in [0.2, 0.25) is 0 Å². The van der Waals surface area contributed by atoms with Crippen LogP contribution in [-0.4, -0.2) is 40.0 Å². The third kappa shape index (κ3) is 3.25. The largest absolute Gasteiger partial charge is 0.310 e. The van der Waals surface area contributed by atoms with E-state index in [0.717, 1.165) is 25.3 Å². The van der Waals surface area contributed by atoms with Crippen molar-refractivity contribution in [3.05, 3.63) is 24.3 Å². The highest BCUT2D eigenvalue weighted by Gasteiger charge is 2.22. The zero-order chi connectivity index (χ0) is 11.4. The molecular formula is C12H20N4. The minimum absolute atomic E-state index is 0.573. The minimum Gasteiger partial charge on any atom is -0.310 e. The molecule has 2 heterocycles. The Morgan fingerprint density at radius 2 is 2.44 bits per heavy atom. The van der Waals surface area contributed by atoms with E-state index in [2.05, 4.69) is 34.0 Å². The van der Waals surface area contributed by atoms with Crippen LogP contribution in [0.1, 0.15) is 26.0 Å². The maximum atomic E-state index is 4.26. The molecule has 2 rings (SSSR count). The summed E-state index contributed by atoms with van der Waals surface area (Å²) in [5.41, 5.74) is 1.11. The van der Waals surface area contributed by atoms with E-state index in [0.29, 0.717) is 12.1 Å². The quantitative estimate of drug-likeness (QED) is 0.823. The topological polar surface area (TPSA) is 41.0 Å². The Morgan fingerprint density at radius 1 is 1.56 bits per heavy atom. The van der Waals surface area contributed by atoms with Crippen molar-refractivity contribution in [1.29, 1.82) is 0 Å². The maximum absolute atomic E-state index is 4.26. The first-order valence-corrected chi connectivity index (χ1v) is 5.97. The van der Waals surface area contributed by atoms with Crippen LogP contribution in [0.3, 0.4) is 0 Å². The van der Waals surface area contributed by atoms with Gasteiger partial charge in [0.15, 0.2) is 0 Å². The molecule has 0 aromatic carbocycles. The summed E-state index contributed by atoms with van der Waals surface area (Å²) in [5.74, 6) is 0. The highest BCUT2D eigenvalue weighted by atomic mass is 15.2. The summed E-state index contributed by atoms with van der Waals surface area (Å²) < 4.78 is 0. The Balaban J connectivity index is 1.81. The first kappa shape index (κ1) is 11.5. The Hall–Kier alpha value is -1.00. The second-order valence-corrected chi connectivity index (χ2v) is 4.74. The summed E-state index contributed by atoms with van der Waals surface area (Å²) in [5, 5.41) is 3.58. The second-order valence-electron chi connectivity index (χ2n) is 4.74. The van der Waals surface area contributed by atoms with Gasteiger partial charge in [0.25, 0.3) is 0 Å². The molecule has 0 saturated carbocycles. The van der Waals surface area contributed by atoms with Gasteiger partial charge in [0.05, 0.1) is 5.69 Å². The lowest BCUT2D eigenvalue weighted by atomic mass is 10.2. The molecule has 16 heavy (non-hydrogen) atoms. The van der Waals surface area contributed by atoms with Gasteiger partial charge in [-0.2, -0.15) is 0 Å². The maximum Gasteiger partial charge on any atom is 0.115 e. The zero-order valence-corrected chi connectivity index (χ0v) is 10.1. The highest BCUT2D eigenvalue weighted by molar-refractivity contribution is 4.98. The average Bonchev–Trinajstić information content (AvgIpc) is 2.66. The van der Waals surface area contributed by atoms with E-state index < -0.39 is 0 Å². The Morgan fingerprint density at radius 3 is 3.12 bits per heavy atom. The van der Waals surface area contributed by atoms with Crippen molar-refractivity contribution >= 4 is 0 Å². The van der Waals surface area contributed by atoms with Gasteiger partial charge in [0, 0.05) is 37.9 Å². The molecule has 1 atom stereocenters. The lowest BCUT2D eigenvalue weighted by Gasteiger charge is -2.17. The monoisotopic (exact) mass is 220 g/mol. The summed E-state index contributed by atoms with van der Waals surface area (Å²) >= 11 is 0. The van der Waals surface area contributed by atoms with Gasteiger partial charge in [-0.25, -0.2) is 9.97 Å². The number of aromatic nitrogens is 2. The Labute approximate surface area is 97.1 Å². The van der Waals surface area contributed by atoms with Crippen molar-refractivity contribution in [3.63, 3.8) is 0 Å². The Bertz CT molecular complexity index is 312. The van der Waals surface area contributed by atoms with E-state index in [-0.39, 0.29) is 0 Å². The number of likely N-dealkylation sites (tertiary alicyclic amines) is 1. The molecule has 1 fully saturated rings. The molecule has 1 aliphatic heterocycles. The number of hydrogen-bond acceptors (Lipinski definition) is 4. The van der Waals surface area contributed by atoms with Crippen LogP contribution in [0.4, 0.5) is 0 Å². The molecule has 88 valence electrons. The van der Waals surface area contributed by atoms with Crippen LogP contribution in [-0.2, 0) is 6.54 Å². The van der Waals surface area contributed by atoms with Gasteiger partial charge in [-0.1, -0.05) is 13.8 Å². The SMILES string of the molecule is CC(C)NC1CCN(Cc2ccncn2)C1. The average molecular weight is 220 g/mol. The van der Waals surface area contributed by atoms with E-state index in [1.54, 1.807) is 6.33 Å². The number of hydrogen-bond donors (Lipinski definition) is 1. The van der Waals surface area contributed by atoms with Gasteiger partial charge in [0.1, 0.15) is 6.33 Å². The van der Waals surface area contributed by atoms with Gasteiger partial charge < -0.3 is 5.32 Å². The van der Waals surface area contributed by atoms with E-state index in [4.69, 9.17) is 0 Å². The molecule has 0 aliphatic carbocycles. The van der Waals surface area contributed by atoms with Crippen LogP contribution in [0.2, 0.25) is 0 Å². The number of rotatable bonds is 4.